The predicted molar refractivity (Wildman–Crippen MR) is 76.0 cm³/mol. The fourth-order valence-electron chi connectivity index (χ4n) is 1.62. The number of hydrogen-bond acceptors (Lipinski definition) is 5. The summed E-state index contributed by atoms with van der Waals surface area (Å²) in [4.78, 5) is 11.7. The van der Waals surface area contributed by atoms with E-state index < -0.39 is 16.0 Å². The van der Waals surface area contributed by atoms with Crippen molar-refractivity contribution in [2.24, 2.45) is 5.73 Å². The Morgan fingerprint density at radius 1 is 1.40 bits per heavy atom. The Balaban J connectivity index is 3.04. The lowest BCUT2D eigenvalue weighted by atomic mass is 10.1. The summed E-state index contributed by atoms with van der Waals surface area (Å²) < 4.78 is 31.6. The second kappa shape index (κ2) is 7.37. The van der Waals surface area contributed by atoms with E-state index in [1.165, 1.54) is 6.07 Å². The second-order valence-electron chi connectivity index (χ2n) is 4.24. The van der Waals surface area contributed by atoms with Crippen molar-refractivity contribution in [3.63, 3.8) is 0 Å². The van der Waals surface area contributed by atoms with Crippen LogP contribution in [0.15, 0.2) is 23.1 Å². The maximum atomic E-state index is 12.2. The van der Waals surface area contributed by atoms with Gasteiger partial charge in [0.15, 0.2) is 0 Å². The van der Waals surface area contributed by atoms with Gasteiger partial charge in [-0.25, -0.2) is 17.9 Å². The molecule has 0 saturated carbocycles. The molecule has 7 heteroatoms. The molecule has 20 heavy (non-hydrogen) atoms. The Kier molecular flexibility index (Phi) is 6.12. The van der Waals surface area contributed by atoms with Crippen LogP contribution < -0.4 is 10.5 Å². The van der Waals surface area contributed by atoms with E-state index in [9.17, 15) is 13.2 Å². The van der Waals surface area contributed by atoms with Crippen LogP contribution in [-0.4, -0.2) is 34.1 Å². The molecule has 0 atom stereocenters. The van der Waals surface area contributed by atoms with Gasteiger partial charge in [-0.15, -0.1) is 0 Å². The molecule has 0 aliphatic rings. The minimum absolute atomic E-state index is 0.0834. The fourth-order valence-corrected chi connectivity index (χ4v) is 2.96. The van der Waals surface area contributed by atoms with Crippen molar-refractivity contribution in [3.05, 3.63) is 29.3 Å². The van der Waals surface area contributed by atoms with Crippen LogP contribution in [0.3, 0.4) is 0 Å². The van der Waals surface area contributed by atoms with Crippen LogP contribution in [0.1, 0.15) is 29.3 Å². The van der Waals surface area contributed by atoms with E-state index in [-0.39, 0.29) is 23.6 Å². The smallest absolute Gasteiger partial charge is 0.338 e. The molecule has 0 aliphatic carbocycles. The number of sulfonamides is 1. The van der Waals surface area contributed by atoms with E-state index in [2.05, 4.69) is 4.72 Å². The van der Waals surface area contributed by atoms with Crippen LogP contribution in [0.5, 0.6) is 0 Å². The molecule has 0 spiro atoms. The molecule has 0 aliphatic heterocycles. The Labute approximate surface area is 119 Å². The molecule has 0 fully saturated rings. The van der Waals surface area contributed by atoms with Gasteiger partial charge in [0.05, 0.1) is 17.1 Å². The third kappa shape index (κ3) is 4.29. The third-order valence-corrected chi connectivity index (χ3v) is 4.26. The zero-order valence-corrected chi connectivity index (χ0v) is 12.5. The van der Waals surface area contributed by atoms with E-state index in [1.807, 2.05) is 0 Å². The summed E-state index contributed by atoms with van der Waals surface area (Å²) in [6, 6.07) is 4.47. The second-order valence-corrected chi connectivity index (χ2v) is 5.98. The zero-order chi connectivity index (χ0) is 15.2. The molecule has 112 valence electrons. The average molecular weight is 300 g/mol. The molecule has 1 aromatic rings. The summed E-state index contributed by atoms with van der Waals surface area (Å²) in [7, 11) is -3.65. The van der Waals surface area contributed by atoms with E-state index in [0.29, 0.717) is 18.5 Å². The van der Waals surface area contributed by atoms with Gasteiger partial charge in [-0.3, -0.25) is 0 Å². The van der Waals surface area contributed by atoms with Gasteiger partial charge in [0.1, 0.15) is 0 Å². The minimum atomic E-state index is -3.65. The van der Waals surface area contributed by atoms with Crippen molar-refractivity contribution in [2.45, 2.75) is 25.2 Å². The van der Waals surface area contributed by atoms with Crippen molar-refractivity contribution in [2.75, 3.05) is 19.7 Å². The first-order valence-corrected chi connectivity index (χ1v) is 7.88. The Bertz CT molecular complexity index is 570. The number of aryl methyl sites for hydroxylation is 1. The lowest BCUT2D eigenvalue weighted by Gasteiger charge is -2.10. The summed E-state index contributed by atoms with van der Waals surface area (Å²) >= 11 is 0. The van der Waals surface area contributed by atoms with Gasteiger partial charge in [0, 0.05) is 6.54 Å². The molecule has 0 aromatic heterocycles. The molecule has 0 saturated heterocycles. The molecule has 0 amide bonds. The maximum absolute atomic E-state index is 12.2. The number of hydrogen-bond donors (Lipinski definition) is 2. The van der Waals surface area contributed by atoms with Gasteiger partial charge in [-0.2, -0.15) is 0 Å². The van der Waals surface area contributed by atoms with Gasteiger partial charge < -0.3 is 10.5 Å². The Morgan fingerprint density at radius 2 is 2.10 bits per heavy atom. The van der Waals surface area contributed by atoms with Crippen LogP contribution in [0.25, 0.3) is 0 Å². The van der Waals surface area contributed by atoms with Crippen LogP contribution >= 0.6 is 0 Å². The van der Waals surface area contributed by atoms with Crippen molar-refractivity contribution in [3.8, 4) is 0 Å². The standard InChI is InChI=1S/C13H20N2O4S/c1-3-19-13(16)11-6-5-10(2)12(9-11)20(17,18)15-8-4-7-14/h5-6,9,15H,3-4,7-8,14H2,1-2H3. The molecule has 0 radical (unpaired) electrons. The summed E-state index contributed by atoms with van der Waals surface area (Å²) in [5.74, 6) is -0.536. The first-order valence-electron chi connectivity index (χ1n) is 6.40. The molecule has 0 heterocycles. The fraction of sp³-hybridized carbons (Fsp3) is 0.462. The highest BCUT2D eigenvalue weighted by molar-refractivity contribution is 7.89. The molecular formula is C13H20N2O4S. The molecule has 1 aromatic carbocycles. The Hall–Kier alpha value is -1.44. The summed E-state index contributed by atoms with van der Waals surface area (Å²) in [6.45, 7) is 4.28. The van der Waals surface area contributed by atoms with Crippen molar-refractivity contribution < 1.29 is 17.9 Å². The quantitative estimate of drug-likeness (QED) is 0.573. The number of carbonyl (C=O) groups is 1. The highest BCUT2D eigenvalue weighted by Gasteiger charge is 2.18. The summed E-state index contributed by atoms with van der Waals surface area (Å²) in [5.41, 5.74) is 6.11. The predicted octanol–water partition coefficient (Wildman–Crippen LogP) is 0.799. The largest absolute Gasteiger partial charge is 0.462 e. The van der Waals surface area contributed by atoms with Gasteiger partial charge in [0.2, 0.25) is 10.0 Å². The van der Waals surface area contributed by atoms with Crippen molar-refractivity contribution >= 4 is 16.0 Å². The molecule has 1 rings (SSSR count). The molecule has 3 N–H and O–H groups in total. The SMILES string of the molecule is CCOC(=O)c1ccc(C)c(S(=O)(=O)NCCCN)c1. The topological polar surface area (TPSA) is 98.5 Å². The monoisotopic (exact) mass is 300 g/mol. The van der Waals surface area contributed by atoms with Crippen LogP contribution in [-0.2, 0) is 14.8 Å². The first kappa shape index (κ1) is 16.6. The normalized spacial score (nSPS) is 11.3. The van der Waals surface area contributed by atoms with Gasteiger partial charge in [-0.05, 0) is 44.5 Å². The minimum Gasteiger partial charge on any atom is -0.462 e. The number of ether oxygens (including phenoxy) is 1. The molecule has 6 nitrogen and oxygen atoms in total. The van der Waals surface area contributed by atoms with E-state index in [1.54, 1.807) is 26.0 Å². The van der Waals surface area contributed by atoms with Crippen molar-refractivity contribution in [1.29, 1.82) is 0 Å². The number of carbonyl (C=O) groups excluding carboxylic acids is 1. The van der Waals surface area contributed by atoms with E-state index in [0.717, 1.165) is 0 Å². The highest BCUT2D eigenvalue weighted by Crippen LogP contribution is 2.17. The van der Waals surface area contributed by atoms with Crippen LogP contribution in [0.4, 0.5) is 0 Å². The molecule has 0 bridgehead atoms. The number of nitrogens with one attached hydrogen (secondary N) is 1. The van der Waals surface area contributed by atoms with Crippen LogP contribution in [0.2, 0.25) is 0 Å². The molecule has 0 unspecified atom stereocenters. The van der Waals surface area contributed by atoms with Gasteiger partial charge in [-0.1, -0.05) is 6.07 Å². The number of esters is 1. The highest BCUT2D eigenvalue weighted by atomic mass is 32.2. The number of benzene rings is 1. The third-order valence-electron chi connectivity index (χ3n) is 2.66. The Morgan fingerprint density at radius 3 is 2.70 bits per heavy atom. The van der Waals surface area contributed by atoms with Gasteiger partial charge >= 0.3 is 5.97 Å². The van der Waals surface area contributed by atoms with Crippen LogP contribution in [0, 0.1) is 6.92 Å². The van der Waals surface area contributed by atoms with E-state index in [4.69, 9.17) is 10.5 Å². The average Bonchev–Trinajstić information content (AvgIpc) is 2.39. The number of nitrogens with two attached hydrogens (primary N) is 1. The van der Waals surface area contributed by atoms with E-state index >= 15 is 0 Å². The first-order chi connectivity index (χ1) is 9.42. The zero-order valence-electron chi connectivity index (χ0n) is 11.7. The maximum Gasteiger partial charge on any atom is 0.338 e. The number of rotatable bonds is 7. The van der Waals surface area contributed by atoms with Crippen molar-refractivity contribution in [1.82, 2.24) is 4.72 Å². The van der Waals surface area contributed by atoms with Gasteiger partial charge in [0.25, 0.3) is 0 Å². The lowest BCUT2D eigenvalue weighted by molar-refractivity contribution is 0.0526. The summed E-state index contributed by atoms with van der Waals surface area (Å²) in [5, 5.41) is 0. The summed E-state index contributed by atoms with van der Waals surface area (Å²) in [6.07, 6.45) is 0.551. The molecular weight excluding hydrogens is 280 g/mol. The lowest BCUT2D eigenvalue weighted by Crippen LogP contribution is -2.27.